The van der Waals surface area contributed by atoms with Gasteiger partial charge in [-0.3, -0.25) is 4.79 Å². The van der Waals surface area contributed by atoms with Crippen LogP contribution in [0.25, 0.3) is 0 Å². The van der Waals surface area contributed by atoms with Gasteiger partial charge in [0.1, 0.15) is 6.54 Å². The number of aryl methyl sites for hydroxylation is 1. The Morgan fingerprint density at radius 2 is 2.05 bits per heavy atom. The van der Waals surface area contributed by atoms with E-state index >= 15 is 0 Å². The van der Waals surface area contributed by atoms with Gasteiger partial charge in [0, 0.05) is 15.0 Å². The zero-order chi connectivity index (χ0) is 15.6. The number of nitrogens with two attached hydrogens (primary N) is 1. The molecular weight excluding hydrogens is 402 g/mol. The van der Waals surface area contributed by atoms with Crippen LogP contribution in [0.4, 0.5) is 5.69 Å². The average molecular weight is 417 g/mol. The quantitative estimate of drug-likeness (QED) is 0.802. The van der Waals surface area contributed by atoms with Gasteiger partial charge in [0.2, 0.25) is 5.91 Å². The molecule has 0 fully saturated rings. The maximum Gasteiger partial charge on any atom is 0.246 e. The molecule has 0 spiro atoms. The van der Waals surface area contributed by atoms with Crippen molar-refractivity contribution in [3.05, 3.63) is 38.5 Å². The van der Waals surface area contributed by atoms with Crippen molar-refractivity contribution in [1.29, 1.82) is 0 Å². The van der Waals surface area contributed by atoms with Crippen molar-refractivity contribution in [3.8, 4) is 0 Å². The third kappa shape index (κ3) is 4.12. The number of amides is 1. The van der Waals surface area contributed by atoms with Crippen LogP contribution >= 0.6 is 31.9 Å². The highest BCUT2D eigenvalue weighted by atomic mass is 79.9. The van der Waals surface area contributed by atoms with Crippen LogP contribution < -0.4 is 11.1 Å². The Balaban J connectivity index is 2.08. The largest absolute Gasteiger partial charge is 0.323 e. The van der Waals surface area contributed by atoms with Gasteiger partial charge in [0.05, 0.1) is 17.6 Å². The number of hydrogen-bond donors (Lipinski definition) is 2. The third-order valence-corrected chi connectivity index (χ3v) is 4.03. The molecule has 0 radical (unpaired) electrons. The number of hydrogen-bond acceptors (Lipinski definition) is 4. The molecule has 1 atom stereocenters. The fourth-order valence-electron chi connectivity index (χ4n) is 1.74. The molecule has 0 bridgehead atoms. The summed E-state index contributed by atoms with van der Waals surface area (Å²) in [5.41, 5.74) is 8.14. The van der Waals surface area contributed by atoms with Gasteiger partial charge in [-0.05, 0) is 63.4 Å². The van der Waals surface area contributed by atoms with E-state index in [2.05, 4.69) is 47.5 Å². The average Bonchev–Trinajstić information content (AvgIpc) is 2.82. The summed E-state index contributed by atoms with van der Waals surface area (Å²) in [6, 6.07) is 3.66. The first-order valence-corrected chi connectivity index (χ1v) is 7.86. The second-order valence-electron chi connectivity index (χ2n) is 4.78. The number of aromatic nitrogens is 3. The molecule has 6 nitrogen and oxygen atoms in total. The van der Waals surface area contributed by atoms with E-state index in [1.807, 2.05) is 26.0 Å². The first kappa shape index (κ1) is 16.1. The molecule has 1 amide bonds. The van der Waals surface area contributed by atoms with Crippen molar-refractivity contribution in [1.82, 2.24) is 15.0 Å². The minimum absolute atomic E-state index is 0.0759. The minimum atomic E-state index is -0.206. The van der Waals surface area contributed by atoms with Gasteiger partial charge >= 0.3 is 0 Å². The molecule has 2 rings (SSSR count). The molecule has 0 saturated heterocycles. The Bertz CT molecular complexity index is 645. The van der Waals surface area contributed by atoms with Crippen molar-refractivity contribution in [2.24, 2.45) is 5.73 Å². The van der Waals surface area contributed by atoms with Crippen molar-refractivity contribution in [2.45, 2.75) is 26.4 Å². The van der Waals surface area contributed by atoms with E-state index in [9.17, 15) is 4.79 Å². The molecule has 1 heterocycles. The van der Waals surface area contributed by atoms with Gasteiger partial charge in [-0.25, -0.2) is 4.68 Å². The summed E-state index contributed by atoms with van der Waals surface area (Å²) >= 11 is 6.88. The summed E-state index contributed by atoms with van der Waals surface area (Å²) in [6.07, 6.45) is 1.67. The summed E-state index contributed by atoms with van der Waals surface area (Å²) in [4.78, 5) is 12.1. The summed E-state index contributed by atoms with van der Waals surface area (Å²) in [6.45, 7) is 3.87. The maximum absolute atomic E-state index is 12.1. The molecule has 2 aromatic rings. The molecule has 8 heteroatoms. The lowest BCUT2D eigenvalue weighted by atomic mass is 10.2. The van der Waals surface area contributed by atoms with Gasteiger partial charge in [0.25, 0.3) is 0 Å². The fraction of sp³-hybridized carbons (Fsp3) is 0.308. The topological polar surface area (TPSA) is 85.8 Å². The number of rotatable bonds is 4. The number of carbonyl (C=O) groups is 1. The van der Waals surface area contributed by atoms with Crippen LogP contribution in [0.1, 0.15) is 24.2 Å². The maximum atomic E-state index is 12.1. The van der Waals surface area contributed by atoms with Crippen molar-refractivity contribution in [2.75, 3.05) is 5.32 Å². The van der Waals surface area contributed by atoms with E-state index in [1.165, 1.54) is 4.68 Å². The Hall–Kier alpha value is -1.25. The van der Waals surface area contributed by atoms with E-state index in [4.69, 9.17) is 5.73 Å². The Morgan fingerprint density at radius 3 is 2.57 bits per heavy atom. The first-order chi connectivity index (χ1) is 9.86. The minimum Gasteiger partial charge on any atom is -0.323 e. The first-order valence-electron chi connectivity index (χ1n) is 6.28. The summed E-state index contributed by atoms with van der Waals surface area (Å²) < 4.78 is 3.10. The lowest BCUT2D eigenvalue weighted by molar-refractivity contribution is -0.116. The van der Waals surface area contributed by atoms with Gasteiger partial charge in [-0.1, -0.05) is 5.21 Å². The van der Waals surface area contributed by atoms with Crippen LogP contribution in [0.5, 0.6) is 0 Å². The monoisotopic (exact) mass is 415 g/mol. The molecular formula is C13H15Br2N5O. The number of carbonyl (C=O) groups excluding carboxylic acids is 1. The molecule has 112 valence electrons. The molecule has 1 aromatic carbocycles. The summed E-state index contributed by atoms with van der Waals surface area (Å²) in [5.74, 6) is -0.193. The van der Waals surface area contributed by atoms with Gasteiger partial charge in [0.15, 0.2) is 0 Å². The fourth-order valence-corrected chi connectivity index (χ4v) is 3.36. The van der Waals surface area contributed by atoms with E-state index in [-0.39, 0.29) is 18.5 Å². The molecule has 0 aliphatic heterocycles. The standard InChI is InChI=1S/C13H15Br2N5O/c1-7-3-9(14)13(10(15)4-7)17-12(21)6-20-5-11(8(2)16)18-19-20/h3-5,8H,6,16H2,1-2H3,(H,17,21). The third-order valence-electron chi connectivity index (χ3n) is 2.78. The predicted octanol–water partition coefficient (Wildman–Crippen LogP) is 2.77. The molecule has 0 aliphatic carbocycles. The number of halogens is 2. The van der Waals surface area contributed by atoms with Gasteiger partial charge in [-0.15, -0.1) is 5.10 Å². The van der Waals surface area contributed by atoms with E-state index in [0.717, 1.165) is 14.5 Å². The van der Waals surface area contributed by atoms with Crippen molar-refractivity contribution >= 4 is 43.5 Å². The van der Waals surface area contributed by atoms with Crippen LogP contribution in [-0.4, -0.2) is 20.9 Å². The smallest absolute Gasteiger partial charge is 0.246 e. The molecule has 0 saturated carbocycles. The number of anilines is 1. The zero-order valence-electron chi connectivity index (χ0n) is 11.6. The highest BCUT2D eigenvalue weighted by molar-refractivity contribution is 9.11. The second kappa shape index (κ2) is 6.67. The lowest BCUT2D eigenvalue weighted by Gasteiger charge is -2.10. The molecule has 21 heavy (non-hydrogen) atoms. The summed E-state index contributed by atoms with van der Waals surface area (Å²) in [5, 5.41) is 10.6. The number of benzene rings is 1. The molecule has 3 N–H and O–H groups in total. The Kier molecular flexibility index (Phi) is 5.13. The zero-order valence-corrected chi connectivity index (χ0v) is 14.8. The lowest BCUT2D eigenvalue weighted by Crippen LogP contribution is -2.19. The van der Waals surface area contributed by atoms with E-state index in [1.54, 1.807) is 6.20 Å². The van der Waals surface area contributed by atoms with Gasteiger partial charge < -0.3 is 11.1 Å². The predicted molar refractivity (Wildman–Crippen MR) is 87.8 cm³/mol. The Labute approximate surface area is 139 Å². The van der Waals surface area contributed by atoms with Crippen molar-refractivity contribution in [3.63, 3.8) is 0 Å². The highest BCUT2D eigenvalue weighted by Gasteiger charge is 2.12. The normalized spacial score (nSPS) is 12.2. The van der Waals surface area contributed by atoms with Crippen molar-refractivity contribution < 1.29 is 4.79 Å². The molecule has 0 aliphatic rings. The highest BCUT2D eigenvalue weighted by Crippen LogP contribution is 2.32. The van der Waals surface area contributed by atoms with E-state index in [0.29, 0.717) is 11.4 Å². The second-order valence-corrected chi connectivity index (χ2v) is 6.49. The van der Waals surface area contributed by atoms with Crippen LogP contribution in [-0.2, 0) is 11.3 Å². The molecule has 1 aromatic heterocycles. The molecule has 1 unspecified atom stereocenters. The van der Waals surface area contributed by atoms with Crippen LogP contribution in [0.2, 0.25) is 0 Å². The van der Waals surface area contributed by atoms with E-state index < -0.39 is 0 Å². The number of nitrogens with zero attached hydrogens (tertiary/aromatic N) is 3. The Morgan fingerprint density at radius 1 is 1.43 bits per heavy atom. The number of nitrogens with one attached hydrogen (secondary N) is 1. The van der Waals surface area contributed by atoms with Crippen LogP contribution in [0, 0.1) is 6.92 Å². The SMILES string of the molecule is Cc1cc(Br)c(NC(=O)Cn2cc(C(C)N)nn2)c(Br)c1. The summed E-state index contributed by atoms with van der Waals surface area (Å²) in [7, 11) is 0. The van der Waals surface area contributed by atoms with Crippen LogP contribution in [0.3, 0.4) is 0 Å². The van der Waals surface area contributed by atoms with Gasteiger partial charge in [-0.2, -0.15) is 0 Å². The van der Waals surface area contributed by atoms with Crippen LogP contribution in [0.15, 0.2) is 27.3 Å².